The molecule has 158 valence electrons. The predicted octanol–water partition coefficient (Wildman–Crippen LogP) is 3.21. The summed E-state index contributed by atoms with van der Waals surface area (Å²) in [6.07, 6.45) is 5.44. The Morgan fingerprint density at radius 2 is 2.11 bits per heavy atom. The third kappa shape index (κ3) is 6.30. The molecule has 1 aliphatic rings. The van der Waals surface area contributed by atoms with Crippen LogP contribution in [0.25, 0.3) is 0 Å². The number of aliphatic hydroxyl groups excluding tert-OH is 1. The number of benzene rings is 1. The van der Waals surface area contributed by atoms with Crippen LogP contribution in [0, 0.1) is 11.8 Å². The van der Waals surface area contributed by atoms with E-state index in [4.69, 9.17) is 9.47 Å². The summed E-state index contributed by atoms with van der Waals surface area (Å²) >= 11 is 0. The third-order valence-corrected chi connectivity index (χ3v) is 7.11. The van der Waals surface area contributed by atoms with Crippen LogP contribution < -0.4 is 4.74 Å². The number of aliphatic hydroxyl groups is 1. The minimum atomic E-state index is -3.60. The highest BCUT2D eigenvalue weighted by Gasteiger charge is 2.22. The summed E-state index contributed by atoms with van der Waals surface area (Å²) in [4.78, 5) is 0.175. The maximum Gasteiger partial charge on any atom is 0.242 e. The summed E-state index contributed by atoms with van der Waals surface area (Å²) in [6, 6.07) is 4.71. The normalized spacial score (nSPS) is 16.9. The van der Waals surface area contributed by atoms with Gasteiger partial charge in [0, 0.05) is 32.4 Å². The molecule has 6 nitrogen and oxygen atoms in total. The Bertz CT molecular complexity index is 728. The molecule has 0 aliphatic carbocycles. The number of allylic oxidation sites excluding steroid dienone is 1. The standard InChI is InChI=1S/C21H33NO5S/c1-4-17(2)6-5-11-22(3)28(24,25)20-7-8-21(19(14-20)15-23)27-16-18-9-12-26-13-10-18/h4,7-8,14,17-18,23H,1,5-6,9-13,15-16H2,2-3H3. The van der Waals surface area contributed by atoms with Crippen LogP contribution in [0.3, 0.4) is 0 Å². The molecule has 0 radical (unpaired) electrons. The van der Waals surface area contributed by atoms with Crippen molar-refractivity contribution in [1.82, 2.24) is 4.31 Å². The van der Waals surface area contributed by atoms with Crippen LogP contribution in [0.2, 0.25) is 0 Å². The Labute approximate surface area is 169 Å². The van der Waals surface area contributed by atoms with Crippen LogP contribution in [0.15, 0.2) is 35.7 Å². The molecule has 1 N–H and O–H groups in total. The molecule has 1 heterocycles. The summed E-state index contributed by atoms with van der Waals surface area (Å²) in [5.74, 6) is 1.33. The SMILES string of the molecule is C=CC(C)CCCN(C)S(=O)(=O)c1ccc(OCC2CCOCC2)c(CO)c1. The first-order valence-electron chi connectivity index (χ1n) is 9.91. The number of hydrogen-bond acceptors (Lipinski definition) is 5. The summed E-state index contributed by atoms with van der Waals surface area (Å²) < 4.78 is 38.2. The van der Waals surface area contributed by atoms with Crippen LogP contribution >= 0.6 is 0 Å². The molecule has 0 aromatic heterocycles. The molecule has 1 aromatic rings. The number of rotatable bonds is 11. The van der Waals surface area contributed by atoms with Crippen molar-refractivity contribution in [2.24, 2.45) is 11.8 Å². The molecule has 1 saturated heterocycles. The fourth-order valence-corrected chi connectivity index (χ4v) is 4.42. The molecule has 2 rings (SSSR count). The average molecular weight is 412 g/mol. The second-order valence-corrected chi connectivity index (χ2v) is 9.52. The molecule has 1 fully saturated rings. The molecule has 0 amide bonds. The highest BCUT2D eigenvalue weighted by molar-refractivity contribution is 7.89. The Kier molecular flexibility index (Phi) is 8.95. The van der Waals surface area contributed by atoms with Gasteiger partial charge in [-0.05, 0) is 55.7 Å². The number of sulfonamides is 1. The van der Waals surface area contributed by atoms with E-state index >= 15 is 0 Å². The van der Waals surface area contributed by atoms with E-state index in [2.05, 4.69) is 13.5 Å². The lowest BCUT2D eigenvalue weighted by Gasteiger charge is -2.23. The topological polar surface area (TPSA) is 76.1 Å². The van der Waals surface area contributed by atoms with Gasteiger partial charge in [0.25, 0.3) is 0 Å². The van der Waals surface area contributed by atoms with Crippen LogP contribution in [0.1, 0.15) is 38.2 Å². The Hall–Kier alpha value is -1.41. The first kappa shape index (κ1) is 22.9. The Balaban J connectivity index is 2.02. The summed E-state index contributed by atoms with van der Waals surface area (Å²) in [5.41, 5.74) is 0.488. The first-order chi connectivity index (χ1) is 13.4. The quantitative estimate of drug-likeness (QED) is 0.566. The van der Waals surface area contributed by atoms with E-state index in [9.17, 15) is 13.5 Å². The molecule has 7 heteroatoms. The molecule has 1 unspecified atom stereocenters. The Morgan fingerprint density at radius 1 is 1.39 bits per heavy atom. The minimum absolute atomic E-state index is 0.175. The second-order valence-electron chi connectivity index (χ2n) is 7.48. The smallest absolute Gasteiger partial charge is 0.242 e. The van der Waals surface area contributed by atoms with Crippen molar-refractivity contribution in [3.63, 3.8) is 0 Å². The van der Waals surface area contributed by atoms with Gasteiger partial charge in [0.1, 0.15) is 5.75 Å². The van der Waals surface area contributed by atoms with Gasteiger partial charge in [0.2, 0.25) is 10.0 Å². The van der Waals surface area contributed by atoms with Gasteiger partial charge < -0.3 is 14.6 Å². The molecule has 0 spiro atoms. The molecular formula is C21H33NO5S. The first-order valence-corrected chi connectivity index (χ1v) is 11.4. The van der Waals surface area contributed by atoms with Gasteiger partial charge in [-0.2, -0.15) is 0 Å². The van der Waals surface area contributed by atoms with Crippen LogP contribution in [0.4, 0.5) is 0 Å². The summed E-state index contributed by atoms with van der Waals surface area (Å²) in [5, 5.41) is 9.70. The Morgan fingerprint density at radius 3 is 2.75 bits per heavy atom. The van der Waals surface area contributed by atoms with Crippen LogP contribution in [-0.2, 0) is 21.4 Å². The highest BCUT2D eigenvalue weighted by atomic mass is 32.2. The van der Waals surface area contributed by atoms with E-state index in [-0.39, 0.29) is 11.5 Å². The van der Waals surface area contributed by atoms with Gasteiger partial charge in [-0.25, -0.2) is 12.7 Å². The molecule has 1 aromatic carbocycles. The van der Waals surface area contributed by atoms with Gasteiger partial charge in [0.15, 0.2) is 0 Å². The number of ether oxygens (including phenoxy) is 2. The minimum Gasteiger partial charge on any atom is -0.493 e. The van der Waals surface area contributed by atoms with Crippen LogP contribution in [-0.4, -0.2) is 51.2 Å². The molecule has 1 aliphatic heterocycles. The van der Waals surface area contributed by atoms with Crippen molar-refractivity contribution in [1.29, 1.82) is 0 Å². The van der Waals surface area contributed by atoms with Crippen molar-refractivity contribution < 1.29 is 23.0 Å². The zero-order valence-corrected chi connectivity index (χ0v) is 17.8. The molecular weight excluding hydrogens is 378 g/mol. The van der Waals surface area contributed by atoms with Crippen molar-refractivity contribution in [3.05, 3.63) is 36.4 Å². The number of nitrogens with zero attached hydrogens (tertiary/aromatic N) is 1. The fraction of sp³-hybridized carbons (Fsp3) is 0.619. The van der Waals surface area contributed by atoms with Crippen molar-refractivity contribution in [2.75, 3.05) is 33.4 Å². The van der Waals surface area contributed by atoms with E-state index < -0.39 is 10.0 Å². The van der Waals surface area contributed by atoms with Gasteiger partial charge in [-0.3, -0.25) is 0 Å². The van der Waals surface area contributed by atoms with Crippen molar-refractivity contribution in [3.8, 4) is 5.75 Å². The van der Waals surface area contributed by atoms with Crippen molar-refractivity contribution in [2.45, 2.75) is 44.1 Å². The number of hydrogen-bond donors (Lipinski definition) is 1. The van der Waals surface area contributed by atoms with E-state index in [1.54, 1.807) is 19.2 Å². The predicted molar refractivity (Wildman–Crippen MR) is 110 cm³/mol. The van der Waals surface area contributed by atoms with Gasteiger partial charge in [-0.15, -0.1) is 6.58 Å². The molecule has 1 atom stereocenters. The molecule has 28 heavy (non-hydrogen) atoms. The monoisotopic (exact) mass is 411 g/mol. The van der Waals surface area contributed by atoms with Crippen LogP contribution in [0.5, 0.6) is 5.75 Å². The highest BCUT2D eigenvalue weighted by Crippen LogP contribution is 2.26. The maximum absolute atomic E-state index is 12.8. The van der Waals surface area contributed by atoms with Gasteiger partial charge in [-0.1, -0.05) is 13.0 Å². The average Bonchev–Trinajstić information content (AvgIpc) is 2.72. The largest absolute Gasteiger partial charge is 0.493 e. The van der Waals surface area contributed by atoms with E-state index in [0.717, 1.165) is 38.9 Å². The fourth-order valence-electron chi connectivity index (χ4n) is 3.16. The van der Waals surface area contributed by atoms with Gasteiger partial charge in [0.05, 0.1) is 18.1 Å². The van der Waals surface area contributed by atoms with Crippen molar-refractivity contribution >= 4 is 10.0 Å². The second kappa shape index (κ2) is 11.0. The van der Waals surface area contributed by atoms with E-state index in [1.165, 1.54) is 10.4 Å². The summed E-state index contributed by atoms with van der Waals surface area (Å²) in [7, 11) is -2.02. The third-order valence-electron chi connectivity index (χ3n) is 5.26. The molecule has 0 bridgehead atoms. The van der Waals surface area contributed by atoms with E-state index in [1.807, 2.05) is 6.08 Å². The van der Waals surface area contributed by atoms with E-state index in [0.29, 0.717) is 36.3 Å². The molecule has 0 saturated carbocycles. The lowest BCUT2D eigenvalue weighted by atomic mass is 10.0. The van der Waals surface area contributed by atoms with Gasteiger partial charge >= 0.3 is 0 Å². The zero-order chi connectivity index (χ0) is 20.6. The maximum atomic E-state index is 12.8. The zero-order valence-electron chi connectivity index (χ0n) is 17.0. The lowest BCUT2D eigenvalue weighted by Crippen LogP contribution is -2.28. The summed E-state index contributed by atoms with van der Waals surface area (Å²) in [6.45, 7) is 8.02. The lowest BCUT2D eigenvalue weighted by molar-refractivity contribution is 0.0494.